The molecule has 51 heavy (non-hydrogen) atoms. The van der Waals surface area contributed by atoms with Crippen molar-refractivity contribution >= 4 is 23.5 Å². The van der Waals surface area contributed by atoms with Crippen LogP contribution in [-0.4, -0.2) is 40.1 Å². The number of ether oxygens (including phenoxy) is 1. The van der Waals surface area contributed by atoms with Gasteiger partial charge in [0.1, 0.15) is 5.60 Å². The van der Waals surface area contributed by atoms with Crippen molar-refractivity contribution < 1.29 is 19.4 Å². The van der Waals surface area contributed by atoms with Gasteiger partial charge in [-0.2, -0.15) is 0 Å². The second-order valence-electron chi connectivity index (χ2n) is 20.8. The Morgan fingerprint density at radius 2 is 1.57 bits per heavy atom. The van der Waals surface area contributed by atoms with Gasteiger partial charge < -0.3 is 9.84 Å². The van der Waals surface area contributed by atoms with Crippen LogP contribution in [0.15, 0.2) is 35.4 Å². The number of Topliss-reactive ketones (excluding diaryl/α,β-unsaturated/α-hetero) is 1. The third-order valence-electron chi connectivity index (χ3n) is 16.6. The molecule has 1 amide bonds. The summed E-state index contributed by atoms with van der Waals surface area (Å²) in [6.45, 7) is 23.3. The van der Waals surface area contributed by atoms with Gasteiger partial charge in [0.15, 0.2) is 5.78 Å². The number of carbonyl (C=O) groups is 2. The first-order valence-electron chi connectivity index (χ1n) is 20.4. The van der Waals surface area contributed by atoms with Crippen molar-refractivity contribution in [2.45, 2.75) is 164 Å². The number of rotatable bonds is 6. The molecule has 0 aromatic heterocycles. The summed E-state index contributed by atoms with van der Waals surface area (Å²) >= 11 is 6.31. The molecule has 6 heteroatoms. The van der Waals surface area contributed by atoms with Crippen LogP contribution in [0, 0.1) is 50.7 Å². The second kappa shape index (κ2) is 12.1. The molecule has 0 heterocycles. The molecule has 0 bridgehead atoms. The number of aliphatic hydroxyl groups excluding tert-OH is 1. The molecule has 7 rings (SSSR count). The summed E-state index contributed by atoms with van der Waals surface area (Å²) in [6.07, 6.45) is 11.5. The topological polar surface area (TPSA) is 66.8 Å². The van der Waals surface area contributed by atoms with E-state index in [-0.39, 0.29) is 45.2 Å². The van der Waals surface area contributed by atoms with E-state index < -0.39 is 11.1 Å². The van der Waals surface area contributed by atoms with Crippen LogP contribution in [0.4, 0.5) is 4.79 Å². The quantitative estimate of drug-likeness (QED) is 0.318. The average molecular weight is 720 g/mol. The van der Waals surface area contributed by atoms with Gasteiger partial charge in [-0.05, 0) is 160 Å². The highest BCUT2D eigenvalue weighted by molar-refractivity contribution is 6.30. The maximum absolute atomic E-state index is 14.3. The molecule has 1 N–H and O–H groups in total. The van der Waals surface area contributed by atoms with E-state index in [4.69, 9.17) is 16.3 Å². The Morgan fingerprint density at radius 3 is 2.18 bits per heavy atom. The lowest BCUT2D eigenvalue weighted by Crippen LogP contribution is -2.65. The monoisotopic (exact) mass is 719 g/mol. The van der Waals surface area contributed by atoms with E-state index in [9.17, 15) is 14.7 Å². The Bertz CT molecular complexity index is 1600. The minimum Gasteiger partial charge on any atom is -0.444 e. The van der Waals surface area contributed by atoms with Crippen molar-refractivity contribution in [1.82, 2.24) is 4.90 Å². The number of halogens is 1. The SMILES string of the molecule is CC(C)C1=C2[C@H]3CC[C@@H]4[C@@]5(C)CC[C@H](O)C(C)(C)[C@@H]5CC[C@@]4(C)[C@]3(C)CC[C@@]2(CCN(C(=O)OC(C)(C)C)C2(c3ccc(Cl)cc3)CC2)CC1=O. The van der Waals surface area contributed by atoms with Crippen molar-refractivity contribution in [3.8, 4) is 0 Å². The molecule has 0 aliphatic heterocycles. The number of ketones is 1. The van der Waals surface area contributed by atoms with Crippen LogP contribution in [0.25, 0.3) is 0 Å². The number of hydrogen-bond acceptors (Lipinski definition) is 4. The van der Waals surface area contributed by atoms with Crippen molar-refractivity contribution in [2.24, 2.45) is 50.7 Å². The largest absolute Gasteiger partial charge is 0.444 e. The molecule has 282 valence electrons. The van der Waals surface area contributed by atoms with Crippen molar-refractivity contribution in [1.29, 1.82) is 0 Å². The Morgan fingerprint density at radius 1 is 0.902 bits per heavy atom. The number of fused-ring (bicyclic) bond motifs is 7. The van der Waals surface area contributed by atoms with Crippen molar-refractivity contribution in [2.75, 3.05) is 6.54 Å². The summed E-state index contributed by atoms with van der Waals surface area (Å²) in [5.41, 5.74) is 2.88. The van der Waals surface area contributed by atoms with Gasteiger partial charge in [-0.3, -0.25) is 9.69 Å². The van der Waals surface area contributed by atoms with E-state index in [0.717, 1.165) is 62.5 Å². The molecule has 1 aromatic rings. The number of amides is 1. The van der Waals surface area contributed by atoms with E-state index >= 15 is 0 Å². The number of allylic oxidation sites excluding steroid dienone is 2. The molecule has 6 aliphatic rings. The van der Waals surface area contributed by atoms with Gasteiger partial charge in [-0.15, -0.1) is 0 Å². The molecule has 8 atom stereocenters. The van der Waals surface area contributed by atoms with Gasteiger partial charge in [0.25, 0.3) is 0 Å². The molecule has 0 radical (unpaired) electrons. The van der Waals surface area contributed by atoms with Gasteiger partial charge in [0.2, 0.25) is 0 Å². The van der Waals surface area contributed by atoms with Crippen molar-refractivity contribution in [3.05, 3.63) is 46.0 Å². The summed E-state index contributed by atoms with van der Waals surface area (Å²) in [5.74, 6) is 2.04. The maximum Gasteiger partial charge on any atom is 0.411 e. The smallest absolute Gasteiger partial charge is 0.411 e. The first-order valence-corrected chi connectivity index (χ1v) is 20.8. The van der Waals surface area contributed by atoms with Crippen molar-refractivity contribution in [3.63, 3.8) is 0 Å². The minimum absolute atomic E-state index is 0.0655. The highest BCUT2D eigenvalue weighted by Gasteiger charge is 2.70. The van der Waals surface area contributed by atoms with Crippen LogP contribution in [0.1, 0.15) is 152 Å². The summed E-state index contributed by atoms with van der Waals surface area (Å²) in [5, 5.41) is 11.9. The third kappa shape index (κ3) is 5.53. The third-order valence-corrected chi connectivity index (χ3v) is 16.9. The minimum atomic E-state index is -0.606. The lowest BCUT2D eigenvalue weighted by Gasteiger charge is -2.72. The van der Waals surface area contributed by atoms with Crippen LogP contribution in [-0.2, 0) is 15.1 Å². The number of hydrogen-bond donors (Lipinski definition) is 1. The highest BCUT2D eigenvalue weighted by Crippen LogP contribution is 2.77. The molecule has 5 nitrogen and oxygen atoms in total. The standard InChI is InChI=1S/C45H66ClNO4/c1-28(2)36-32(48)27-44(25-26-47(38(50)51-39(3,4)5)45(23-24-45)29-11-13-30(46)14-12-29)22-21-42(9)31(37(36)44)15-16-34-41(8)19-18-35(49)40(6,7)33(41)17-20-43(34,42)10/h11-14,28,31,33-35,49H,15-27H2,1-10H3/t31-,33+,34-,35+,41+,42-,43-,44-/m1/s1. The van der Waals surface area contributed by atoms with E-state index in [1.165, 1.54) is 24.8 Å². The average Bonchev–Trinajstić information content (AvgIpc) is 3.76. The summed E-state index contributed by atoms with van der Waals surface area (Å²) in [6, 6.07) is 8.00. The Labute approximate surface area is 313 Å². The Kier molecular flexibility index (Phi) is 8.87. The lowest BCUT2D eigenvalue weighted by atomic mass is 9.33. The molecule has 0 unspecified atom stereocenters. The molecule has 0 saturated heterocycles. The molecule has 5 fully saturated rings. The number of aliphatic hydroxyl groups is 1. The normalized spacial score (nSPS) is 39.5. The molecule has 0 spiro atoms. The van der Waals surface area contributed by atoms with E-state index in [1.807, 2.05) is 37.8 Å². The number of carbonyl (C=O) groups excluding carboxylic acids is 2. The summed E-state index contributed by atoms with van der Waals surface area (Å²) in [4.78, 5) is 30.5. The van der Waals surface area contributed by atoms with Crippen LogP contribution >= 0.6 is 11.6 Å². The van der Waals surface area contributed by atoms with Gasteiger partial charge in [-0.1, -0.05) is 77.8 Å². The zero-order valence-corrected chi connectivity index (χ0v) is 34.1. The Hall–Kier alpha value is -1.85. The fourth-order valence-corrected chi connectivity index (χ4v) is 13.9. The first kappa shape index (κ1) is 37.5. The van der Waals surface area contributed by atoms with Gasteiger partial charge in [0.05, 0.1) is 11.6 Å². The molecule has 6 aliphatic carbocycles. The molecular weight excluding hydrogens is 654 g/mol. The predicted molar refractivity (Wildman–Crippen MR) is 205 cm³/mol. The second-order valence-corrected chi connectivity index (χ2v) is 21.2. The fourth-order valence-electron chi connectivity index (χ4n) is 13.8. The molecule has 5 saturated carbocycles. The predicted octanol–water partition coefficient (Wildman–Crippen LogP) is 11.3. The Balaban J connectivity index is 1.24. The summed E-state index contributed by atoms with van der Waals surface area (Å²) < 4.78 is 6.12. The fraction of sp³-hybridized carbons (Fsp3) is 0.778. The molecule has 1 aromatic carbocycles. The lowest BCUT2D eigenvalue weighted by molar-refractivity contribution is -0.228. The number of nitrogens with zero attached hydrogens (tertiary/aromatic N) is 1. The maximum atomic E-state index is 14.3. The zero-order valence-electron chi connectivity index (χ0n) is 33.4. The van der Waals surface area contributed by atoms with Gasteiger partial charge >= 0.3 is 6.09 Å². The molecular formula is C45H66ClNO4. The van der Waals surface area contributed by atoms with E-state index in [0.29, 0.717) is 41.5 Å². The van der Waals surface area contributed by atoms with Crippen LogP contribution in [0.2, 0.25) is 5.02 Å². The van der Waals surface area contributed by atoms with Crippen LogP contribution in [0.3, 0.4) is 0 Å². The van der Waals surface area contributed by atoms with E-state index in [1.54, 1.807) is 0 Å². The van der Waals surface area contributed by atoms with Gasteiger partial charge in [-0.25, -0.2) is 4.79 Å². The number of benzene rings is 1. The summed E-state index contributed by atoms with van der Waals surface area (Å²) in [7, 11) is 0. The van der Waals surface area contributed by atoms with Crippen LogP contribution < -0.4 is 0 Å². The highest BCUT2D eigenvalue weighted by atomic mass is 35.5. The van der Waals surface area contributed by atoms with Crippen LogP contribution in [0.5, 0.6) is 0 Å². The zero-order chi connectivity index (χ0) is 37.2. The first-order chi connectivity index (χ1) is 23.7. The van der Waals surface area contributed by atoms with E-state index in [2.05, 4.69) is 60.6 Å². The van der Waals surface area contributed by atoms with Gasteiger partial charge in [0, 0.05) is 23.4 Å².